The van der Waals surface area contributed by atoms with Crippen LogP contribution in [0.15, 0.2) is 11.4 Å². The second-order valence-corrected chi connectivity index (χ2v) is 5.30. The summed E-state index contributed by atoms with van der Waals surface area (Å²) in [5.41, 5.74) is 2.50. The van der Waals surface area contributed by atoms with Gasteiger partial charge in [0.25, 0.3) is 0 Å². The molecule has 0 aromatic carbocycles. The van der Waals surface area contributed by atoms with Crippen molar-refractivity contribution in [3.05, 3.63) is 11.4 Å². The first-order valence-electron chi connectivity index (χ1n) is 6.51. The third kappa shape index (κ3) is 2.46. The zero-order chi connectivity index (χ0) is 13.3. The third-order valence-electron chi connectivity index (χ3n) is 3.86. The van der Waals surface area contributed by atoms with Gasteiger partial charge in [0.05, 0.1) is 0 Å². The monoisotopic (exact) mass is 253 g/mol. The number of esters is 1. The Bertz CT molecular complexity index is 365. The van der Waals surface area contributed by atoms with Crippen molar-refractivity contribution in [1.82, 2.24) is 14.7 Å². The van der Waals surface area contributed by atoms with E-state index in [1.54, 1.807) is 0 Å². The molecule has 0 saturated carbocycles. The molecule has 3 aliphatic heterocycles. The van der Waals surface area contributed by atoms with Crippen molar-refractivity contribution in [2.24, 2.45) is 0 Å². The molecule has 1 unspecified atom stereocenters. The first-order valence-corrected chi connectivity index (χ1v) is 6.51. The van der Waals surface area contributed by atoms with Gasteiger partial charge < -0.3 is 19.4 Å². The minimum absolute atomic E-state index is 0.0894. The minimum atomic E-state index is -0.121. The SMILES string of the molecule is CC1=C(C)N2CCN1CC2C(=O)OCCN(C)C. The lowest BCUT2D eigenvalue weighted by Crippen LogP contribution is -2.59. The molecular formula is C13H23N3O2. The van der Waals surface area contributed by atoms with E-state index in [9.17, 15) is 4.79 Å². The molecule has 5 nitrogen and oxygen atoms in total. The summed E-state index contributed by atoms with van der Waals surface area (Å²) < 4.78 is 5.36. The lowest BCUT2D eigenvalue weighted by atomic mass is 10.0. The third-order valence-corrected chi connectivity index (χ3v) is 3.86. The van der Waals surface area contributed by atoms with E-state index in [4.69, 9.17) is 4.74 Å². The van der Waals surface area contributed by atoms with Crippen molar-refractivity contribution in [3.63, 3.8) is 0 Å². The summed E-state index contributed by atoms with van der Waals surface area (Å²) in [5.74, 6) is -0.0894. The van der Waals surface area contributed by atoms with Crippen molar-refractivity contribution >= 4 is 5.97 Å². The first-order chi connectivity index (χ1) is 8.50. The Hall–Kier alpha value is -1.23. The van der Waals surface area contributed by atoms with Gasteiger partial charge in [-0.1, -0.05) is 0 Å². The minimum Gasteiger partial charge on any atom is -0.463 e. The smallest absolute Gasteiger partial charge is 0.330 e. The number of carbonyl (C=O) groups excluding carboxylic acids is 1. The summed E-state index contributed by atoms with van der Waals surface area (Å²) in [4.78, 5) is 18.6. The Balaban J connectivity index is 1.93. The van der Waals surface area contributed by atoms with Crippen LogP contribution < -0.4 is 0 Å². The van der Waals surface area contributed by atoms with Crippen LogP contribution in [0, 0.1) is 0 Å². The first kappa shape index (κ1) is 13.2. The van der Waals surface area contributed by atoms with Gasteiger partial charge in [-0.15, -0.1) is 0 Å². The van der Waals surface area contributed by atoms with E-state index in [1.807, 2.05) is 19.0 Å². The molecule has 0 radical (unpaired) electrons. The number of likely N-dealkylation sites (N-methyl/N-ethyl adjacent to an activating group) is 1. The topological polar surface area (TPSA) is 36.0 Å². The summed E-state index contributed by atoms with van der Waals surface area (Å²) in [6, 6.07) is -0.121. The highest BCUT2D eigenvalue weighted by atomic mass is 16.5. The van der Waals surface area contributed by atoms with Crippen molar-refractivity contribution in [2.45, 2.75) is 19.9 Å². The number of allylic oxidation sites excluding steroid dienone is 2. The van der Waals surface area contributed by atoms with Gasteiger partial charge in [-0.2, -0.15) is 0 Å². The zero-order valence-corrected chi connectivity index (χ0v) is 11.8. The van der Waals surface area contributed by atoms with E-state index in [-0.39, 0.29) is 12.0 Å². The molecule has 1 saturated heterocycles. The molecule has 0 aromatic rings. The van der Waals surface area contributed by atoms with Crippen LogP contribution in [0.4, 0.5) is 0 Å². The van der Waals surface area contributed by atoms with Gasteiger partial charge in [-0.3, -0.25) is 0 Å². The van der Waals surface area contributed by atoms with Crippen LogP contribution in [0.1, 0.15) is 13.8 Å². The quantitative estimate of drug-likeness (QED) is 0.675. The van der Waals surface area contributed by atoms with Gasteiger partial charge in [-0.05, 0) is 27.9 Å². The molecule has 0 N–H and O–H groups in total. The maximum atomic E-state index is 12.1. The summed E-state index contributed by atoms with van der Waals surface area (Å²) in [6.45, 7) is 8.16. The Kier molecular flexibility index (Phi) is 3.80. The average molecular weight is 253 g/mol. The summed E-state index contributed by atoms with van der Waals surface area (Å²) in [6.07, 6.45) is 0. The molecule has 18 heavy (non-hydrogen) atoms. The number of piperazine rings is 1. The Morgan fingerprint density at radius 1 is 1.33 bits per heavy atom. The van der Waals surface area contributed by atoms with Gasteiger partial charge in [-0.25, -0.2) is 4.79 Å². The highest BCUT2D eigenvalue weighted by Crippen LogP contribution is 2.28. The predicted molar refractivity (Wildman–Crippen MR) is 70.0 cm³/mol. The molecule has 0 aliphatic carbocycles. The van der Waals surface area contributed by atoms with Crippen LogP contribution in [-0.4, -0.2) is 73.6 Å². The summed E-state index contributed by atoms with van der Waals surface area (Å²) in [5, 5.41) is 0. The molecule has 3 rings (SSSR count). The number of carbonyl (C=O) groups is 1. The van der Waals surface area contributed by atoms with Crippen LogP contribution >= 0.6 is 0 Å². The molecule has 0 aromatic heterocycles. The summed E-state index contributed by atoms with van der Waals surface area (Å²) >= 11 is 0. The van der Waals surface area contributed by atoms with E-state index in [2.05, 4.69) is 23.6 Å². The maximum absolute atomic E-state index is 12.1. The molecule has 0 spiro atoms. The van der Waals surface area contributed by atoms with Gasteiger partial charge in [0, 0.05) is 37.6 Å². The standard InChI is InChI=1S/C13H23N3O2/c1-10-11(2)16-6-5-15(10)9-12(16)13(17)18-8-7-14(3)4/h12H,5-9H2,1-4H3. The Labute approximate surface area is 109 Å². The van der Waals surface area contributed by atoms with E-state index in [0.717, 1.165) is 26.2 Å². The molecule has 102 valence electrons. The van der Waals surface area contributed by atoms with Gasteiger partial charge in [0.1, 0.15) is 12.6 Å². The van der Waals surface area contributed by atoms with E-state index >= 15 is 0 Å². The number of fused-ring (bicyclic) bond motifs is 2. The molecule has 3 heterocycles. The van der Waals surface area contributed by atoms with Crippen molar-refractivity contribution in [3.8, 4) is 0 Å². The highest BCUT2D eigenvalue weighted by Gasteiger charge is 2.38. The lowest BCUT2D eigenvalue weighted by Gasteiger charge is -2.49. The largest absolute Gasteiger partial charge is 0.463 e. The molecule has 5 heteroatoms. The maximum Gasteiger partial charge on any atom is 0.330 e. The van der Waals surface area contributed by atoms with Crippen LogP contribution in [0.25, 0.3) is 0 Å². The Morgan fingerprint density at radius 3 is 2.67 bits per heavy atom. The van der Waals surface area contributed by atoms with Gasteiger partial charge in [0.15, 0.2) is 0 Å². The van der Waals surface area contributed by atoms with Crippen molar-refractivity contribution in [2.75, 3.05) is 46.9 Å². The van der Waals surface area contributed by atoms with Crippen LogP contribution in [0.3, 0.4) is 0 Å². The van der Waals surface area contributed by atoms with Crippen LogP contribution in [0.5, 0.6) is 0 Å². The highest BCUT2D eigenvalue weighted by molar-refractivity contribution is 5.77. The van der Waals surface area contributed by atoms with Crippen molar-refractivity contribution < 1.29 is 9.53 Å². The molecule has 1 atom stereocenters. The molecule has 0 amide bonds. The van der Waals surface area contributed by atoms with Crippen LogP contribution in [0.2, 0.25) is 0 Å². The second-order valence-electron chi connectivity index (χ2n) is 5.30. The fourth-order valence-electron chi connectivity index (χ4n) is 2.55. The van der Waals surface area contributed by atoms with E-state index < -0.39 is 0 Å². The van der Waals surface area contributed by atoms with Crippen LogP contribution in [-0.2, 0) is 9.53 Å². The Morgan fingerprint density at radius 2 is 2.06 bits per heavy atom. The zero-order valence-electron chi connectivity index (χ0n) is 11.8. The number of nitrogens with zero attached hydrogens (tertiary/aromatic N) is 3. The molecule has 3 aliphatic rings. The fraction of sp³-hybridized carbons (Fsp3) is 0.769. The normalized spacial score (nSPS) is 23.1. The number of hydrogen-bond donors (Lipinski definition) is 0. The van der Waals surface area contributed by atoms with Gasteiger partial charge in [0.2, 0.25) is 0 Å². The number of rotatable bonds is 4. The summed E-state index contributed by atoms with van der Waals surface area (Å²) in [7, 11) is 3.95. The lowest BCUT2D eigenvalue weighted by molar-refractivity contribution is -0.152. The molecule has 2 bridgehead atoms. The molecule has 1 fully saturated rings. The van der Waals surface area contributed by atoms with Gasteiger partial charge >= 0.3 is 5.97 Å². The predicted octanol–water partition coefficient (Wildman–Crippen LogP) is 0.342. The molecular weight excluding hydrogens is 230 g/mol. The number of hydrogen-bond acceptors (Lipinski definition) is 5. The second kappa shape index (κ2) is 5.18. The van der Waals surface area contributed by atoms with E-state index in [0.29, 0.717) is 6.61 Å². The average Bonchev–Trinajstić information content (AvgIpc) is 2.34. The van der Waals surface area contributed by atoms with Crippen molar-refractivity contribution in [1.29, 1.82) is 0 Å². The van der Waals surface area contributed by atoms with E-state index in [1.165, 1.54) is 11.4 Å². The number of ether oxygens (including phenoxy) is 1. The fourth-order valence-corrected chi connectivity index (χ4v) is 2.55.